The average molecular weight is 266 g/mol. The predicted molar refractivity (Wildman–Crippen MR) is 85.1 cm³/mol. The molecule has 1 aliphatic rings. The summed E-state index contributed by atoms with van der Waals surface area (Å²) in [4.78, 5) is 2.49. The molecule has 1 heterocycles. The minimum absolute atomic E-state index is 0.974. The van der Waals surface area contributed by atoms with Gasteiger partial charge < -0.3 is 10.2 Å². The van der Waals surface area contributed by atoms with Crippen molar-refractivity contribution in [1.29, 1.82) is 0 Å². The van der Waals surface area contributed by atoms with Gasteiger partial charge in [0.15, 0.2) is 0 Å². The van der Waals surface area contributed by atoms with Gasteiger partial charge in [0.05, 0.1) is 0 Å². The fraction of sp³-hybridized carbons (Fsp3) is 0.333. The highest BCUT2D eigenvalue weighted by atomic mass is 15.2. The molecule has 0 fully saturated rings. The van der Waals surface area contributed by atoms with E-state index >= 15 is 0 Å². The maximum atomic E-state index is 3.52. The van der Waals surface area contributed by atoms with Crippen LogP contribution in [0.15, 0.2) is 42.5 Å². The zero-order valence-electron chi connectivity index (χ0n) is 12.3. The lowest BCUT2D eigenvalue weighted by atomic mass is 10.1. The summed E-state index contributed by atoms with van der Waals surface area (Å²) in [6, 6.07) is 15.6. The van der Waals surface area contributed by atoms with Crippen LogP contribution < -0.4 is 10.2 Å². The number of hydrogen-bond acceptors (Lipinski definition) is 2. The number of nitrogens with one attached hydrogen (secondary N) is 1. The lowest BCUT2D eigenvalue weighted by molar-refractivity contribution is 0.688. The SMILES string of the molecule is Cc1cccc(CN2CCNCc3cc(C)ccc32)c1. The molecule has 1 aliphatic heterocycles. The maximum Gasteiger partial charge on any atom is 0.0430 e. The topological polar surface area (TPSA) is 15.3 Å². The van der Waals surface area contributed by atoms with Gasteiger partial charge in [0.1, 0.15) is 0 Å². The van der Waals surface area contributed by atoms with E-state index in [0.717, 1.165) is 26.2 Å². The quantitative estimate of drug-likeness (QED) is 0.896. The summed E-state index contributed by atoms with van der Waals surface area (Å²) in [5.41, 5.74) is 6.85. The number of hydrogen-bond donors (Lipinski definition) is 1. The third kappa shape index (κ3) is 2.86. The van der Waals surface area contributed by atoms with E-state index in [0.29, 0.717) is 0 Å². The minimum atomic E-state index is 0.974. The Morgan fingerprint density at radius 3 is 2.75 bits per heavy atom. The van der Waals surface area contributed by atoms with Crippen LogP contribution in [0.3, 0.4) is 0 Å². The van der Waals surface area contributed by atoms with Crippen LogP contribution in [0.25, 0.3) is 0 Å². The average Bonchev–Trinajstić information content (AvgIpc) is 2.61. The molecule has 2 nitrogen and oxygen atoms in total. The fourth-order valence-electron chi connectivity index (χ4n) is 2.92. The molecule has 0 saturated carbocycles. The Hall–Kier alpha value is -1.80. The van der Waals surface area contributed by atoms with Gasteiger partial charge in [-0.3, -0.25) is 0 Å². The number of fused-ring (bicyclic) bond motifs is 1. The summed E-state index contributed by atoms with van der Waals surface area (Å²) in [5, 5.41) is 3.52. The standard InChI is InChI=1S/C18H22N2/c1-14-4-3-5-16(10-14)13-20-9-8-19-12-17-11-15(2)6-7-18(17)20/h3-7,10-11,19H,8-9,12-13H2,1-2H3. The highest BCUT2D eigenvalue weighted by molar-refractivity contribution is 5.56. The smallest absolute Gasteiger partial charge is 0.0430 e. The van der Waals surface area contributed by atoms with Crippen molar-refractivity contribution in [1.82, 2.24) is 5.32 Å². The molecule has 3 rings (SSSR count). The molecule has 0 atom stereocenters. The molecule has 0 unspecified atom stereocenters. The van der Waals surface area contributed by atoms with Crippen LogP contribution in [0.4, 0.5) is 5.69 Å². The molecule has 0 aliphatic carbocycles. The van der Waals surface area contributed by atoms with E-state index in [1.165, 1.54) is 27.9 Å². The van der Waals surface area contributed by atoms with Crippen LogP contribution in [0.2, 0.25) is 0 Å². The Bertz CT molecular complexity index is 604. The van der Waals surface area contributed by atoms with Gasteiger partial charge in [-0.25, -0.2) is 0 Å². The van der Waals surface area contributed by atoms with Gasteiger partial charge in [-0.2, -0.15) is 0 Å². The summed E-state index contributed by atoms with van der Waals surface area (Å²) in [6.07, 6.45) is 0. The van der Waals surface area contributed by atoms with Gasteiger partial charge in [-0.1, -0.05) is 47.5 Å². The van der Waals surface area contributed by atoms with E-state index in [2.05, 4.69) is 66.5 Å². The van der Waals surface area contributed by atoms with Crippen molar-refractivity contribution in [3.05, 3.63) is 64.7 Å². The van der Waals surface area contributed by atoms with Crippen molar-refractivity contribution < 1.29 is 0 Å². The number of aryl methyl sites for hydroxylation is 2. The van der Waals surface area contributed by atoms with Crippen LogP contribution >= 0.6 is 0 Å². The third-order valence-corrected chi connectivity index (χ3v) is 3.91. The van der Waals surface area contributed by atoms with E-state index in [4.69, 9.17) is 0 Å². The number of nitrogens with zero attached hydrogens (tertiary/aromatic N) is 1. The van der Waals surface area contributed by atoms with Crippen LogP contribution in [-0.4, -0.2) is 13.1 Å². The third-order valence-electron chi connectivity index (χ3n) is 3.91. The Morgan fingerprint density at radius 1 is 1.05 bits per heavy atom. The molecule has 0 spiro atoms. The summed E-state index contributed by atoms with van der Waals surface area (Å²) in [5.74, 6) is 0. The van der Waals surface area contributed by atoms with Crippen molar-refractivity contribution in [3.63, 3.8) is 0 Å². The number of anilines is 1. The van der Waals surface area contributed by atoms with Gasteiger partial charge in [0, 0.05) is 31.9 Å². The second-order valence-corrected chi connectivity index (χ2v) is 5.72. The first-order valence-corrected chi connectivity index (χ1v) is 7.33. The highest BCUT2D eigenvalue weighted by Crippen LogP contribution is 2.25. The maximum absolute atomic E-state index is 3.52. The Labute approximate surface area is 121 Å². The first kappa shape index (κ1) is 13.2. The molecule has 0 radical (unpaired) electrons. The number of rotatable bonds is 2. The zero-order chi connectivity index (χ0) is 13.9. The van der Waals surface area contributed by atoms with E-state index in [9.17, 15) is 0 Å². The predicted octanol–water partition coefficient (Wildman–Crippen LogP) is 3.41. The monoisotopic (exact) mass is 266 g/mol. The molecule has 20 heavy (non-hydrogen) atoms. The Kier molecular flexibility index (Phi) is 3.75. The van der Waals surface area contributed by atoms with E-state index < -0.39 is 0 Å². The van der Waals surface area contributed by atoms with Crippen molar-refractivity contribution >= 4 is 5.69 Å². The van der Waals surface area contributed by atoms with Crippen LogP contribution in [-0.2, 0) is 13.1 Å². The molecule has 2 heteroatoms. The van der Waals surface area contributed by atoms with Crippen molar-refractivity contribution in [2.24, 2.45) is 0 Å². The van der Waals surface area contributed by atoms with E-state index in [1.54, 1.807) is 0 Å². The lowest BCUT2D eigenvalue weighted by Gasteiger charge is -2.25. The van der Waals surface area contributed by atoms with Gasteiger partial charge in [-0.05, 0) is 31.0 Å². The summed E-state index contributed by atoms with van der Waals surface area (Å²) >= 11 is 0. The zero-order valence-corrected chi connectivity index (χ0v) is 12.3. The molecule has 0 aromatic heterocycles. The van der Waals surface area contributed by atoms with Gasteiger partial charge in [-0.15, -0.1) is 0 Å². The first-order chi connectivity index (χ1) is 9.72. The molecule has 2 aromatic rings. The molecule has 0 bridgehead atoms. The van der Waals surface area contributed by atoms with Crippen molar-refractivity contribution in [3.8, 4) is 0 Å². The van der Waals surface area contributed by atoms with E-state index in [-0.39, 0.29) is 0 Å². The van der Waals surface area contributed by atoms with Crippen LogP contribution in [0, 0.1) is 13.8 Å². The minimum Gasteiger partial charge on any atom is -0.366 e. The number of benzene rings is 2. The summed E-state index contributed by atoms with van der Waals surface area (Å²) < 4.78 is 0. The highest BCUT2D eigenvalue weighted by Gasteiger charge is 2.15. The van der Waals surface area contributed by atoms with Gasteiger partial charge in [0.25, 0.3) is 0 Å². The molecular weight excluding hydrogens is 244 g/mol. The molecular formula is C18H22N2. The van der Waals surface area contributed by atoms with Crippen molar-refractivity contribution in [2.45, 2.75) is 26.9 Å². The second-order valence-electron chi connectivity index (χ2n) is 5.72. The van der Waals surface area contributed by atoms with Crippen LogP contribution in [0.5, 0.6) is 0 Å². The Morgan fingerprint density at radius 2 is 1.90 bits per heavy atom. The van der Waals surface area contributed by atoms with Gasteiger partial charge in [0.2, 0.25) is 0 Å². The summed E-state index contributed by atoms with van der Waals surface area (Å²) in [7, 11) is 0. The van der Waals surface area contributed by atoms with Crippen molar-refractivity contribution in [2.75, 3.05) is 18.0 Å². The van der Waals surface area contributed by atoms with Gasteiger partial charge >= 0.3 is 0 Å². The molecule has 0 amide bonds. The summed E-state index contributed by atoms with van der Waals surface area (Å²) in [6.45, 7) is 8.38. The molecule has 0 saturated heterocycles. The molecule has 1 N–H and O–H groups in total. The van der Waals surface area contributed by atoms with Crippen LogP contribution in [0.1, 0.15) is 22.3 Å². The molecule has 104 valence electrons. The first-order valence-electron chi connectivity index (χ1n) is 7.33. The van der Waals surface area contributed by atoms with E-state index in [1.807, 2.05) is 0 Å². The lowest BCUT2D eigenvalue weighted by Crippen LogP contribution is -2.28. The second kappa shape index (κ2) is 5.68. The molecule has 2 aromatic carbocycles. The normalized spacial score (nSPS) is 14.8. The fourth-order valence-corrected chi connectivity index (χ4v) is 2.92. The Balaban J connectivity index is 1.90. The largest absolute Gasteiger partial charge is 0.366 e.